The molecule has 0 aliphatic carbocycles. The molecule has 1 aromatic rings. The number of thiocarbonyl (C=S) groups is 1. The molecule has 0 aliphatic heterocycles. The number of nitrogens with two attached hydrogens (primary N) is 1. The van der Waals surface area contributed by atoms with E-state index in [9.17, 15) is 4.79 Å². The second-order valence-electron chi connectivity index (χ2n) is 3.81. The second-order valence-corrected chi connectivity index (χ2v) is 4.25. The van der Waals surface area contributed by atoms with E-state index in [1.165, 1.54) is 0 Å². The van der Waals surface area contributed by atoms with Crippen molar-refractivity contribution in [3.05, 3.63) is 34.2 Å². The van der Waals surface area contributed by atoms with E-state index in [1.54, 1.807) is 22.9 Å². The van der Waals surface area contributed by atoms with E-state index in [2.05, 4.69) is 18.7 Å². The van der Waals surface area contributed by atoms with Crippen molar-refractivity contribution in [2.75, 3.05) is 19.6 Å². The lowest BCUT2D eigenvalue weighted by Crippen LogP contribution is -2.33. The van der Waals surface area contributed by atoms with Crippen LogP contribution in [0.4, 0.5) is 0 Å². The van der Waals surface area contributed by atoms with Crippen LogP contribution in [0, 0.1) is 0 Å². The Bertz CT molecular complexity index is 438. The zero-order chi connectivity index (χ0) is 12.8. The average molecular weight is 253 g/mol. The van der Waals surface area contributed by atoms with Gasteiger partial charge in [-0.05, 0) is 25.2 Å². The minimum atomic E-state index is -0.104. The van der Waals surface area contributed by atoms with E-state index >= 15 is 0 Å². The third-order valence-electron chi connectivity index (χ3n) is 2.84. The fourth-order valence-corrected chi connectivity index (χ4v) is 1.84. The van der Waals surface area contributed by atoms with Crippen molar-refractivity contribution in [1.82, 2.24) is 9.47 Å². The SMILES string of the molecule is CCN(CC)CCn1cccc(C(N)=S)c1=O. The largest absolute Gasteiger partial charge is 0.389 e. The summed E-state index contributed by atoms with van der Waals surface area (Å²) in [6.45, 7) is 7.71. The van der Waals surface area contributed by atoms with Gasteiger partial charge in [-0.25, -0.2) is 0 Å². The Kier molecular flexibility index (Phi) is 5.31. The lowest BCUT2D eigenvalue weighted by Gasteiger charge is -2.18. The molecule has 0 aliphatic rings. The van der Waals surface area contributed by atoms with Crippen LogP contribution in [0.2, 0.25) is 0 Å². The smallest absolute Gasteiger partial charge is 0.260 e. The van der Waals surface area contributed by atoms with Gasteiger partial charge in [0.2, 0.25) is 0 Å². The molecule has 0 fully saturated rings. The first kappa shape index (κ1) is 13.9. The lowest BCUT2D eigenvalue weighted by molar-refractivity contribution is 0.289. The number of hydrogen-bond donors (Lipinski definition) is 1. The second kappa shape index (κ2) is 6.51. The van der Waals surface area contributed by atoms with Gasteiger partial charge in [0.1, 0.15) is 4.99 Å². The Morgan fingerprint density at radius 3 is 2.65 bits per heavy atom. The molecule has 2 N–H and O–H groups in total. The van der Waals surface area contributed by atoms with Crippen molar-refractivity contribution in [3.63, 3.8) is 0 Å². The molecule has 0 unspecified atom stereocenters. The Balaban J connectivity index is 2.82. The minimum Gasteiger partial charge on any atom is -0.389 e. The number of hydrogen-bond acceptors (Lipinski definition) is 3. The Labute approximate surface area is 107 Å². The van der Waals surface area contributed by atoms with Gasteiger partial charge in [0.15, 0.2) is 0 Å². The van der Waals surface area contributed by atoms with Crippen LogP contribution in [0.1, 0.15) is 19.4 Å². The first-order chi connectivity index (χ1) is 8.10. The van der Waals surface area contributed by atoms with Crippen LogP contribution in [0.15, 0.2) is 23.1 Å². The summed E-state index contributed by atoms with van der Waals surface area (Å²) in [5, 5.41) is 0. The zero-order valence-corrected chi connectivity index (χ0v) is 11.2. The highest BCUT2D eigenvalue weighted by Crippen LogP contribution is 1.94. The van der Waals surface area contributed by atoms with E-state index in [0.717, 1.165) is 19.6 Å². The normalized spacial score (nSPS) is 10.8. The van der Waals surface area contributed by atoms with Crippen LogP contribution in [0.5, 0.6) is 0 Å². The maximum atomic E-state index is 12.0. The van der Waals surface area contributed by atoms with Gasteiger partial charge in [-0.2, -0.15) is 0 Å². The summed E-state index contributed by atoms with van der Waals surface area (Å²) in [6, 6.07) is 3.47. The highest BCUT2D eigenvalue weighted by Gasteiger charge is 2.06. The third-order valence-corrected chi connectivity index (χ3v) is 3.06. The van der Waals surface area contributed by atoms with Crippen LogP contribution in [0.25, 0.3) is 0 Å². The molecule has 1 aromatic heterocycles. The van der Waals surface area contributed by atoms with Crippen LogP contribution in [-0.4, -0.2) is 34.1 Å². The van der Waals surface area contributed by atoms with Crippen molar-refractivity contribution in [3.8, 4) is 0 Å². The van der Waals surface area contributed by atoms with Gasteiger partial charge < -0.3 is 15.2 Å². The summed E-state index contributed by atoms with van der Waals surface area (Å²) in [4.78, 5) is 14.4. The van der Waals surface area contributed by atoms with Crippen molar-refractivity contribution in [2.24, 2.45) is 5.73 Å². The monoisotopic (exact) mass is 253 g/mol. The Morgan fingerprint density at radius 1 is 1.47 bits per heavy atom. The van der Waals surface area contributed by atoms with E-state index in [0.29, 0.717) is 12.1 Å². The summed E-state index contributed by atoms with van der Waals surface area (Å²) in [5.41, 5.74) is 5.81. The molecule has 4 nitrogen and oxygen atoms in total. The van der Waals surface area contributed by atoms with E-state index in [1.807, 2.05) is 0 Å². The third kappa shape index (κ3) is 3.64. The predicted molar refractivity (Wildman–Crippen MR) is 74.4 cm³/mol. The van der Waals surface area contributed by atoms with Crippen LogP contribution < -0.4 is 11.3 Å². The molecular formula is C12H19N3OS. The number of likely N-dealkylation sites (N-methyl/N-ethyl adjacent to an activating group) is 1. The first-order valence-electron chi connectivity index (χ1n) is 5.81. The summed E-state index contributed by atoms with van der Waals surface area (Å²) in [7, 11) is 0. The van der Waals surface area contributed by atoms with Crippen molar-refractivity contribution in [1.29, 1.82) is 0 Å². The molecule has 94 valence electrons. The Hall–Kier alpha value is -1.20. The van der Waals surface area contributed by atoms with Gasteiger partial charge in [0.25, 0.3) is 5.56 Å². The van der Waals surface area contributed by atoms with Crippen molar-refractivity contribution >= 4 is 17.2 Å². The molecule has 0 radical (unpaired) electrons. The summed E-state index contributed by atoms with van der Waals surface area (Å²) in [6.07, 6.45) is 1.77. The maximum Gasteiger partial charge on any atom is 0.260 e. The number of nitrogens with zero attached hydrogens (tertiary/aromatic N) is 2. The van der Waals surface area contributed by atoms with E-state index in [-0.39, 0.29) is 10.5 Å². The maximum absolute atomic E-state index is 12.0. The first-order valence-corrected chi connectivity index (χ1v) is 6.22. The van der Waals surface area contributed by atoms with Gasteiger partial charge in [0, 0.05) is 19.3 Å². The summed E-state index contributed by atoms with van der Waals surface area (Å²) < 4.78 is 1.66. The standard InChI is InChI=1S/C12H19N3OS/c1-3-14(4-2)8-9-15-7-5-6-10(11(13)17)12(15)16/h5-7H,3-4,8-9H2,1-2H3,(H2,13,17). The van der Waals surface area contributed by atoms with Crippen LogP contribution in [0.3, 0.4) is 0 Å². The molecule has 0 atom stereocenters. The summed E-state index contributed by atoms with van der Waals surface area (Å²) in [5.74, 6) is 0. The summed E-state index contributed by atoms with van der Waals surface area (Å²) >= 11 is 4.84. The molecule has 0 amide bonds. The van der Waals surface area contributed by atoms with Crippen LogP contribution >= 0.6 is 12.2 Å². The topological polar surface area (TPSA) is 51.3 Å². The number of pyridine rings is 1. The van der Waals surface area contributed by atoms with Gasteiger partial charge in [0.05, 0.1) is 5.56 Å². The highest BCUT2D eigenvalue weighted by molar-refractivity contribution is 7.80. The molecule has 17 heavy (non-hydrogen) atoms. The molecule has 0 spiro atoms. The fraction of sp³-hybridized carbons (Fsp3) is 0.500. The fourth-order valence-electron chi connectivity index (χ4n) is 1.69. The average Bonchev–Trinajstić information content (AvgIpc) is 2.32. The lowest BCUT2D eigenvalue weighted by atomic mass is 10.3. The zero-order valence-electron chi connectivity index (χ0n) is 10.3. The molecule has 5 heteroatoms. The van der Waals surface area contributed by atoms with Crippen molar-refractivity contribution in [2.45, 2.75) is 20.4 Å². The quantitative estimate of drug-likeness (QED) is 0.763. The molecular weight excluding hydrogens is 234 g/mol. The molecule has 0 saturated carbocycles. The minimum absolute atomic E-state index is 0.104. The van der Waals surface area contributed by atoms with Crippen molar-refractivity contribution < 1.29 is 0 Å². The number of aromatic nitrogens is 1. The van der Waals surface area contributed by atoms with Gasteiger partial charge in [-0.15, -0.1) is 0 Å². The number of rotatable bonds is 6. The molecule has 0 bridgehead atoms. The van der Waals surface area contributed by atoms with E-state index < -0.39 is 0 Å². The van der Waals surface area contributed by atoms with Gasteiger partial charge >= 0.3 is 0 Å². The van der Waals surface area contributed by atoms with Gasteiger partial charge in [-0.1, -0.05) is 26.1 Å². The van der Waals surface area contributed by atoms with Crippen LogP contribution in [-0.2, 0) is 6.54 Å². The molecule has 0 saturated heterocycles. The highest BCUT2D eigenvalue weighted by atomic mass is 32.1. The van der Waals surface area contributed by atoms with Gasteiger partial charge in [-0.3, -0.25) is 4.79 Å². The Morgan fingerprint density at radius 2 is 2.12 bits per heavy atom. The predicted octanol–water partition coefficient (Wildman–Crippen LogP) is 0.824. The molecule has 1 heterocycles. The molecule has 0 aromatic carbocycles. The molecule has 1 rings (SSSR count). The van der Waals surface area contributed by atoms with E-state index in [4.69, 9.17) is 18.0 Å².